The third kappa shape index (κ3) is 1.44. The summed E-state index contributed by atoms with van der Waals surface area (Å²) in [4.78, 5) is 4.48. The molecule has 0 bridgehead atoms. The number of fused-ring (bicyclic) bond motifs is 2. The van der Waals surface area contributed by atoms with Crippen molar-refractivity contribution in [3.05, 3.63) is 48.0 Å². The molecule has 0 atom stereocenters. The summed E-state index contributed by atoms with van der Waals surface area (Å²) >= 11 is 0. The lowest BCUT2D eigenvalue weighted by atomic mass is 10.0. The molecule has 2 aromatic carbocycles. The predicted molar refractivity (Wildman–Crippen MR) is 66.8 cm³/mol. The minimum Gasteiger partial charge on any atom is -0.507 e. The average molecular weight is 225 g/mol. The van der Waals surface area contributed by atoms with Crippen LogP contribution in [0.3, 0.4) is 0 Å². The molecule has 17 heavy (non-hydrogen) atoms. The molecule has 0 spiro atoms. The summed E-state index contributed by atoms with van der Waals surface area (Å²) in [7, 11) is 0. The number of rotatable bonds is 1. The SMILES string of the molecule is OCc1c2ccccc2nc2cccc(O)c12. The summed E-state index contributed by atoms with van der Waals surface area (Å²) in [5.74, 6) is 0.157. The molecule has 1 heterocycles. The summed E-state index contributed by atoms with van der Waals surface area (Å²) in [6.45, 7) is -0.114. The number of hydrogen-bond acceptors (Lipinski definition) is 3. The number of para-hydroxylation sites is 1. The van der Waals surface area contributed by atoms with Crippen LogP contribution in [-0.2, 0) is 6.61 Å². The van der Waals surface area contributed by atoms with Gasteiger partial charge in [0.2, 0.25) is 0 Å². The zero-order valence-electron chi connectivity index (χ0n) is 9.09. The Morgan fingerprint density at radius 2 is 1.71 bits per heavy atom. The standard InChI is InChI=1S/C14H11NO2/c16-8-10-9-4-1-2-5-11(9)15-12-6-3-7-13(17)14(10)12/h1-7,16-17H,8H2. The zero-order valence-corrected chi connectivity index (χ0v) is 9.09. The Morgan fingerprint density at radius 1 is 0.941 bits per heavy atom. The second kappa shape index (κ2) is 3.71. The number of hydrogen-bond donors (Lipinski definition) is 2. The third-order valence-electron chi connectivity index (χ3n) is 2.95. The molecule has 1 aromatic heterocycles. The predicted octanol–water partition coefficient (Wildman–Crippen LogP) is 2.59. The van der Waals surface area contributed by atoms with Gasteiger partial charge in [0.05, 0.1) is 17.6 Å². The van der Waals surface area contributed by atoms with Gasteiger partial charge in [-0.25, -0.2) is 4.98 Å². The van der Waals surface area contributed by atoms with Crippen LogP contribution in [-0.4, -0.2) is 15.2 Å². The molecule has 0 unspecified atom stereocenters. The molecule has 3 aromatic rings. The Labute approximate surface area is 98.0 Å². The van der Waals surface area contributed by atoms with Crippen molar-refractivity contribution in [1.82, 2.24) is 4.98 Å². The average Bonchev–Trinajstić information content (AvgIpc) is 2.36. The first-order chi connectivity index (χ1) is 8.31. The van der Waals surface area contributed by atoms with Crippen molar-refractivity contribution in [3.63, 3.8) is 0 Å². The quantitative estimate of drug-likeness (QED) is 0.626. The zero-order chi connectivity index (χ0) is 11.8. The number of benzene rings is 2. The number of nitrogens with zero attached hydrogens (tertiary/aromatic N) is 1. The van der Waals surface area contributed by atoms with Crippen molar-refractivity contribution < 1.29 is 10.2 Å². The van der Waals surface area contributed by atoms with Gasteiger partial charge in [0.15, 0.2) is 0 Å². The topological polar surface area (TPSA) is 53.4 Å². The smallest absolute Gasteiger partial charge is 0.125 e. The number of phenols is 1. The van der Waals surface area contributed by atoms with E-state index in [9.17, 15) is 10.2 Å². The highest BCUT2D eigenvalue weighted by Crippen LogP contribution is 2.31. The maximum Gasteiger partial charge on any atom is 0.125 e. The van der Waals surface area contributed by atoms with Crippen molar-refractivity contribution in [2.45, 2.75) is 6.61 Å². The maximum absolute atomic E-state index is 9.89. The van der Waals surface area contributed by atoms with E-state index in [0.29, 0.717) is 10.9 Å². The molecule has 3 nitrogen and oxygen atoms in total. The molecule has 0 aliphatic heterocycles. The van der Waals surface area contributed by atoms with Crippen molar-refractivity contribution in [2.24, 2.45) is 0 Å². The minimum atomic E-state index is -0.114. The van der Waals surface area contributed by atoms with Crippen LogP contribution < -0.4 is 0 Å². The van der Waals surface area contributed by atoms with Crippen LogP contribution in [0.2, 0.25) is 0 Å². The van der Waals surface area contributed by atoms with Gasteiger partial charge in [0, 0.05) is 10.8 Å². The summed E-state index contributed by atoms with van der Waals surface area (Å²) in [5.41, 5.74) is 2.26. The molecule has 84 valence electrons. The number of pyridine rings is 1. The summed E-state index contributed by atoms with van der Waals surface area (Å²) in [6, 6.07) is 12.8. The Morgan fingerprint density at radius 3 is 2.53 bits per heavy atom. The lowest BCUT2D eigenvalue weighted by molar-refractivity contribution is 0.284. The van der Waals surface area contributed by atoms with E-state index in [1.807, 2.05) is 30.3 Å². The van der Waals surface area contributed by atoms with Gasteiger partial charge < -0.3 is 10.2 Å². The fraction of sp³-hybridized carbons (Fsp3) is 0.0714. The van der Waals surface area contributed by atoms with Crippen molar-refractivity contribution >= 4 is 21.8 Å². The van der Waals surface area contributed by atoms with Crippen LogP contribution in [0.5, 0.6) is 5.75 Å². The summed E-state index contributed by atoms with van der Waals surface area (Å²) in [6.07, 6.45) is 0. The number of aromatic hydroxyl groups is 1. The van der Waals surface area contributed by atoms with Gasteiger partial charge in [-0.05, 0) is 23.8 Å². The molecule has 3 heteroatoms. The minimum absolute atomic E-state index is 0.114. The van der Waals surface area contributed by atoms with Crippen LogP contribution >= 0.6 is 0 Å². The van der Waals surface area contributed by atoms with Crippen LogP contribution in [0.4, 0.5) is 0 Å². The van der Waals surface area contributed by atoms with E-state index >= 15 is 0 Å². The lowest BCUT2D eigenvalue weighted by Gasteiger charge is -2.09. The fourth-order valence-corrected chi connectivity index (χ4v) is 2.19. The Bertz CT molecular complexity index is 707. The maximum atomic E-state index is 9.89. The van der Waals surface area contributed by atoms with Crippen molar-refractivity contribution in [2.75, 3.05) is 0 Å². The van der Waals surface area contributed by atoms with Crippen LogP contribution in [0.1, 0.15) is 5.56 Å². The third-order valence-corrected chi connectivity index (χ3v) is 2.95. The first-order valence-electron chi connectivity index (χ1n) is 5.41. The summed E-state index contributed by atoms with van der Waals surface area (Å²) in [5, 5.41) is 20.9. The van der Waals surface area contributed by atoms with E-state index in [-0.39, 0.29) is 12.4 Å². The molecule has 0 amide bonds. The highest BCUT2D eigenvalue weighted by molar-refractivity contribution is 6.00. The van der Waals surface area contributed by atoms with Gasteiger partial charge in [0.25, 0.3) is 0 Å². The Kier molecular flexibility index (Phi) is 2.20. The van der Waals surface area contributed by atoms with E-state index in [1.165, 1.54) is 0 Å². The van der Waals surface area contributed by atoms with Gasteiger partial charge in [0.1, 0.15) is 5.75 Å². The molecular weight excluding hydrogens is 214 g/mol. The molecule has 2 N–H and O–H groups in total. The van der Waals surface area contributed by atoms with Crippen LogP contribution in [0, 0.1) is 0 Å². The normalized spacial score (nSPS) is 11.1. The van der Waals surface area contributed by atoms with Gasteiger partial charge in [-0.15, -0.1) is 0 Å². The van der Waals surface area contributed by atoms with E-state index < -0.39 is 0 Å². The van der Waals surface area contributed by atoms with Gasteiger partial charge in [-0.1, -0.05) is 24.3 Å². The second-order valence-corrected chi connectivity index (χ2v) is 3.94. The van der Waals surface area contributed by atoms with Crippen LogP contribution in [0.15, 0.2) is 42.5 Å². The van der Waals surface area contributed by atoms with E-state index in [0.717, 1.165) is 16.5 Å². The van der Waals surface area contributed by atoms with Crippen LogP contribution in [0.25, 0.3) is 21.8 Å². The Hall–Kier alpha value is -2.13. The Balaban J connectivity index is 2.59. The van der Waals surface area contributed by atoms with E-state index in [1.54, 1.807) is 12.1 Å². The van der Waals surface area contributed by atoms with Gasteiger partial charge >= 0.3 is 0 Å². The first-order valence-corrected chi connectivity index (χ1v) is 5.41. The van der Waals surface area contributed by atoms with Gasteiger partial charge in [-0.3, -0.25) is 0 Å². The highest BCUT2D eigenvalue weighted by atomic mass is 16.3. The van der Waals surface area contributed by atoms with E-state index in [2.05, 4.69) is 4.98 Å². The first kappa shape index (κ1) is 10.1. The molecule has 0 radical (unpaired) electrons. The molecule has 0 fully saturated rings. The van der Waals surface area contributed by atoms with E-state index in [4.69, 9.17) is 0 Å². The monoisotopic (exact) mass is 225 g/mol. The number of phenolic OH excluding ortho intramolecular Hbond substituents is 1. The highest BCUT2D eigenvalue weighted by Gasteiger charge is 2.10. The number of aromatic nitrogens is 1. The second-order valence-electron chi connectivity index (χ2n) is 3.94. The van der Waals surface area contributed by atoms with Crippen molar-refractivity contribution in [1.29, 1.82) is 0 Å². The summed E-state index contributed by atoms with van der Waals surface area (Å²) < 4.78 is 0. The molecule has 0 saturated carbocycles. The van der Waals surface area contributed by atoms with Gasteiger partial charge in [-0.2, -0.15) is 0 Å². The number of aliphatic hydroxyl groups excluding tert-OH is 1. The lowest BCUT2D eigenvalue weighted by Crippen LogP contribution is -1.92. The number of aliphatic hydroxyl groups is 1. The molecule has 0 aliphatic rings. The molecule has 0 aliphatic carbocycles. The van der Waals surface area contributed by atoms with Crippen molar-refractivity contribution in [3.8, 4) is 5.75 Å². The fourth-order valence-electron chi connectivity index (χ4n) is 2.19. The molecular formula is C14H11NO2. The largest absolute Gasteiger partial charge is 0.507 e. The molecule has 0 saturated heterocycles. The molecule has 3 rings (SSSR count).